The maximum atomic E-state index is 14.7. The lowest BCUT2D eigenvalue weighted by Gasteiger charge is -2.32. The highest BCUT2D eigenvalue weighted by Gasteiger charge is 2.44. The van der Waals surface area contributed by atoms with E-state index in [0.29, 0.717) is 29.8 Å². The first-order chi connectivity index (χ1) is 17.6. The number of alkyl halides is 2. The average Bonchev–Trinajstić information content (AvgIpc) is 3.39. The Kier molecular flexibility index (Phi) is 5.38. The first-order valence-corrected chi connectivity index (χ1v) is 12.9. The van der Waals surface area contributed by atoms with Crippen LogP contribution in [0.2, 0.25) is 0 Å². The van der Waals surface area contributed by atoms with E-state index in [-0.39, 0.29) is 41.1 Å². The van der Waals surface area contributed by atoms with Crippen molar-refractivity contribution in [1.82, 2.24) is 23.8 Å². The van der Waals surface area contributed by atoms with E-state index in [1.807, 2.05) is 23.6 Å². The number of rotatable bonds is 4. The fourth-order valence-electron chi connectivity index (χ4n) is 4.74. The van der Waals surface area contributed by atoms with Crippen molar-refractivity contribution >= 4 is 21.2 Å². The van der Waals surface area contributed by atoms with Crippen molar-refractivity contribution in [3.8, 4) is 22.9 Å². The van der Waals surface area contributed by atoms with Crippen molar-refractivity contribution in [1.29, 1.82) is 0 Å². The summed E-state index contributed by atoms with van der Waals surface area (Å²) in [5.41, 5.74) is 2.23. The number of aryl methyl sites for hydroxylation is 1. The van der Waals surface area contributed by atoms with Gasteiger partial charge in [-0.25, -0.2) is 22.8 Å². The molecule has 0 aliphatic carbocycles. The van der Waals surface area contributed by atoms with Gasteiger partial charge < -0.3 is 14.0 Å². The molecule has 13 heteroatoms. The summed E-state index contributed by atoms with van der Waals surface area (Å²) in [7, 11) is -3.99. The quantitative estimate of drug-likeness (QED) is 0.387. The van der Waals surface area contributed by atoms with Gasteiger partial charge in [0.2, 0.25) is 10.0 Å². The van der Waals surface area contributed by atoms with E-state index < -0.39 is 22.1 Å². The Hall–Kier alpha value is -3.71. The van der Waals surface area contributed by atoms with Gasteiger partial charge in [0.25, 0.3) is 0 Å². The van der Waals surface area contributed by atoms with Crippen LogP contribution < -0.4 is 9.47 Å². The minimum atomic E-state index is -3.99. The van der Waals surface area contributed by atoms with Crippen molar-refractivity contribution in [2.24, 2.45) is 0 Å². The Labute approximate surface area is 209 Å². The third kappa shape index (κ3) is 4.07. The van der Waals surface area contributed by atoms with Gasteiger partial charge in [-0.1, -0.05) is 0 Å². The summed E-state index contributed by atoms with van der Waals surface area (Å²) < 4.78 is 79.9. The highest BCUT2D eigenvalue weighted by atomic mass is 32.2. The summed E-state index contributed by atoms with van der Waals surface area (Å²) in [6, 6.07) is 8.38. The zero-order valence-corrected chi connectivity index (χ0v) is 20.3. The van der Waals surface area contributed by atoms with Crippen molar-refractivity contribution in [3.05, 3.63) is 60.3 Å². The molecule has 0 unspecified atom stereocenters. The smallest absolute Gasteiger partial charge is 0.395 e. The number of hydrogen-bond acceptors (Lipinski definition) is 7. The summed E-state index contributed by atoms with van der Waals surface area (Å²) in [6.07, 6.45) is -0.425. The van der Waals surface area contributed by atoms with Crippen LogP contribution in [0.5, 0.6) is 11.5 Å². The number of sulfonamides is 1. The molecule has 0 N–H and O–H groups in total. The number of halogens is 3. The van der Waals surface area contributed by atoms with Gasteiger partial charge in [0.1, 0.15) is 11.3 Å². The number of fused-ring (bicyclic) bond motifs is 2. The Morgan fingerprint density at radius 3 is 2.54 bits per heavy atom. The van der Waals surface area contributed by atoms with Gasteiger partial charge >= 0.3 is 6.29 Å². The molecule has 6 rings (SSSR count). The predicted octanol–water partition coefficient (Wildman–Crippen LogP) is 4.29. The lowest BCUT2D eigenvalue weighted by Crippen LogP contribution is -2.39. The Morgan fingerprint density at radius 1 is 1.03 bits per heavy atom. The number of imidazole rings is 1. The van der Waals surface area contributed by atoms with Crippen LogP contribution in [0.4, 0.5) is 13.2 Å². The van der Waals surface area contributed by atoms with E-state index >= 15 is 0 Å². The third-order valence-electron chi connectivity index (χ3n) is 6.49. The molecular weight excluding hydrogens is 511 g/mol. The van der Waals surface area contributed by atoms with Gasteiger partial charge in [0, 0.05) is 37.1 Å². The average molecular weight is 532 g/mol. The summed E-state index contributed by atoms with van der Waals surface area (Å²) in [5, 5.41) is 0. The molecule has 0 bridgehead atoms. The van der Waals surface area contributed by atoms with Crippen LogP contribution in [0.1, 0.15) is 24.6 Å². The number of ether oxygens (including phenoxy) is 2. The van der Waals surface area contributed by atoms with Crippen LogP contribution in [-0.2, 0) is 10.0 Å². The topological polar surface area (TPSA) is 99.4 Å². The van der Waals surface area contributed by atoms with Crippen LogP contribution in [-0.4, -0.2) is 51.6 Å². The maximum absolute atomic E-state index is 14.7. The zero-order chi connectivity index (χ0) is 25.9. The van der Waals surface area contributed by atoms with Crippen LogP contribution >= 0.6 is 0 Å². The van der Waals surface area contributed by atoms with Crippen LogP contribution in [0.25, 0.3) is 22.6 Å². The normalized spacial score (nSPS) is 17.9. The highest BCUT2D eigenvalue weighted by molar-refractivity contribution is 7.89. The van der Waals surface area contributed by atoms with Crippen molar-refractivity contribution in [3.63, 3.8) is 0 Å². The number of pyridine rings is 2. The monoisotopic (exact) mass is 531 g/mol. The molecule has 2 aliphatic rings. The lowest BCUT2D eigenvalue weighted by atomic mass is 10.1. The van der Waals surface area contributed by atoms with Gasteiger partial charge in [0.15, 0.2) is 23.0 Å². The van der Waals surface area contributed by atoms with E-state index in [4.69, 9.17) is 0 Å². The number of benzene rings is 1. The molecule has 0 spiro atoms. The molecule has 0 radical (unpaired) electrons. The van der Waals surface area contributed by atoms with E-state index in [2.05, 4.69) is 24.4 Å². The minimum absolute atomic E-state index is 0.154. The zero-order valence-electron chi connectivity index (χ0n) is 19.4. The van der Waals surface area contributed by atoms with Crippen LogP contribution in [0.3, 0.4) is 0 Å². The van der Waals surface area contributed by atoms with E-state index in [1.165, 1.54) is 16.6 Å². The molecule has 192 valence electrons. The second-order valence-corrected chi connectivity index (χ2v) is 10.8. The third-order valence-corrected chi connectivity index (χ3v) is 8.38. The number of hydrogen-bond donors (Lipinski definition) is 0. The summed E-state index contributed by atoms with van der Waals surface area (Å²) >= 11 is 0. The molecule has 4 aromatic rings. The van der Waals surface area contributed by atoms with E-state index in [1.54, 1.807) is 6.07 Å². The summed E-state index contributed by atoms with van der Waals surface area (Å²) in [4.78, 5) is 12.9. The summed E-state index contributed by atoms with van der Waals surface area (Å²) in [6.45, 7) is 2.16. The number of aromatic nitrogens is 4. The van der Waals surface area contributed by atoms with E-state index in [0.717, 1.165) is 24.0 Å². The maximum Gasteiger partial charge on any atom is 0.586 e. The molecule has 9 nitrogen and oxygen atoms in total. The highest BCUT2D eigenvalue weighted by Crippen LogP contribution is 2.43. The molecule has 3 aromatic heterocycles. The van der Waals surface area contributed by atoms with Crippen molar-refractivity contribution in [2.45, 2.75) is 37.0 Å². The largest absolute Gasteiger partial charge is 0.586 e. The molecular formula is C24H20F3N5O4S. The van der Waals surface area contributed by atoms with Gasteiger partial charge in [-0.05, 0) is 50.1 Å². The first-order valence-electron chi connectivity index (χ1n) is 11.5. The van der Waals surface area contributed by atoms with Gasteiger partial charge in [0.05, 0.1) is 16.7 Å². The predicted molar refractivity (Wildman–Crippen MR) is 125 cm³/mol. The lowest BCUT2D eigenvalue weighted by molar-refractivity contribution is -0.286. The molecule has 1 aromatic carbocycles. The molecule has 37 heavy (non-hydrogen) atoms. The van der Waals surface area contributed by atoms with Crippen molar-refractivity contribution < 1.29 is 31.1 Å². The molecule has 0 atom stereocenters. The van der Waals surface area contributed by atoms with E-state index in [9.17, 15) is 21.6 Å². The number of piperidine rings is 1. The Balaban J connectivity index is 1.30. The van der Waals surface area contributed by atoms with Gasteiger partial charge in [-0.15, -0.1) is 8.78 Å². The first kappa shape index (κ1) is 23.7. The summed E-state index contributed by atoms with van der Waals surface area (Å²) in [5.74, 6) is -0.695. The second-order valence-electron chi connectivity index (χ2n) is 8.87. The van der Waals surface area contributed by atoms with Gasteiger partial charge in [-0.2, -0.15) is 4.31 Å². The SMILES string of the molecule is Cc1ccc2nc(-c3ccncc3F)n(C3CCN(S(=O)(=O)c4ccc5c(c4)OC(F)(F)O5)CC3)c2n1. The fraction of sp³-hybridized carbons (Fsp3) is 0.292. The van der Waals surface area contributed by atoms with Gasteiger partial charge in [-0.3, -0.25) is 4.98 Å². The van der Waals surface area contributed by atoms with Crippen LogP contribution in [0.15, 0.2) is 53.7 Å². The second kappa shape index (κ2) is 8.42. The van der Waals surface area contributed by atoms with Crippen LogP contribution in [0, 0.1) is 12.7 Å². The standard InChI is InChI=1S/C24H20F3N5O4S/c1-14-2-4-19-23(29-14)32(22(30-19)17-6-9-28-13-18(17)25)15-7-10-31(11-8-15)37(33,34)16-3-5-20-21(12-16)36-24(26,27)35-20/h2-6,9,12-13,15H,7-8,10-11H2,1H3. The Bertz CT molecular complexity index is 1630. The fourth-order valence-corrected chi connectivity index (χ4v) is 6.23. The molecule has 1 saturated heterocycles. The molecule has 0 amide bonds. The molecule has 0 saturated carbocycles. The molecule has 2 aliphatic heterocycles. The number of nitrogens with zero attached hydrogens (tertiary/aromatic N) is 5. The minimum Gasteiger partial charge on any atom is -0.395 e. The van der Waals surface area contributed by atoms with Crippen molar-refractivity contribution in [2.75, 3.05) is 13.1 Å². The molecule has 1 fully saturated rings. The Morgan fingerprint density at radius 2 is 1.78 bits per heavy atom. The molecule has 5 heterocycles.